The largest absolute Gasteiger partial charge is 0.380 e. The van der Waals surface area contributed by atoms with E-state index in [9.17, 15) is 5.11 Å². The van der Waals surface area contributed by atoms with E-state index in [1.54, 1.807) is 12.4 Å². The zero-order valence-corrected chi connectivity index (χ0v) is 11.2. The van der Waals surface area contributed by atoms with Crippen LogP contribution in [0.5, 0.6) is 0 Å². The Morgan fingerprint density at radius 2 is 1.85 bits per heavy atom. The van der Waals surface area contributed by atoms with Crippen molar-refractivity contribution in [2.45, 2.75) is 12.6 Å². The highest BCUT2D eigenvalue weighted by atomic mass is 16.3. The van der Waals surface area contributed by atoms with Gasteiger partial charge in [0.15, 0.2) is 0 Å². The first-order chi connectivity index (χ1) is 9.75. The van der Waals surface area contributed by atoms with Crippen molar-refractivity contribution >= 4 is 0 Å². The Morgan fingerprint density at radius 1 is 1.10 bits per heavy atom. The number of imidazole rings is 2. The maximum absolute atomic E-state index is 10.4. The van der Waals surface area contributed by atoms with Gasteiger partial charge in [0, 0.05) is 31.8 Å². The SMILES string of the molecule is Cn1ccnc1Cn1ccnc1C(O)c1ccccc1. The minimum absolute atomic E-state index is 0.586. The quantitative estimate of drug-likeness (QED) is 0.784. The van der Waals surface area contributed by atoms with Crippen LogP contribution in [-0.4, -0.2) is 24.2 Å². The Labute approximate surface area is 117 Å². The van der Waals surface area contributed by atoms with Gasteiger partial charge in [0.05, 0.1) is 6.54 Å². The van der Waals surface area contributed by atoms with Crippen LogP contribution in [0.2, 0.25) is 0 Å². The van der Waals surface area contributed by atoms with Crippen LogP contribution < -0.4 is 0 Å². The zero-order chi connectivity index (χ0) is 13.9. The van der Waals surface area contributed by atoms with Crippen LogP contribution in [0.1, 0.15) is 23.3 Å². The van der Waals surface area contributed by atoms with Crippen molar-refractivity contribution in [2.24, 2.45) is 7.05 Å². The minimum atomic E-state index is -0.730. The van der Waals surface area contributed by atoms with Crippen molar-refractivity contribution in [1.82, 2.24) is 19.1 Å². The van der Waals surface area contributed by atoms with Crippen LogP contribution in [-0.2, 0) is 13.6 Å². The summed E-state index contributed by atoms with van der Waals surface area (Å²) in [5.74, 6) is 1.55. The van der Waals surface area contributed by atoms with Crippen LogP contribution in [0.4, 0.5) is 0 Å². The average Bonchev–Trinajstić information content (AvgIpc) is 3.09. The molecule has 0 spiro atoms. The van der Waals surface area contributed by atoms with E-state index in [1.807, 2.05) is 58.9 Å². The molecule has 0 aliphatic rings. The molecular formula is C15H16N4O. The number of aliphatic hydroxyl groups excluding tert-OH is 1. The fraction of sp³-hybridized carbons (Fsp3) is 0.200. The monoisotopic (exact) mass is 268 g/mol. The van der Waals surface area contributed by atoms with Gasteiger partial charge in [-0.05, 0) is 5.56 Å². The predicted molar refractivity (Wildman–Crippen MR) is 75.0 cm³/mol. The number of aliphatic hydroxyl groups is 1. The fourth-order valence-electron chi connectivity index (χ4n) is 2.19. The Morgan fingerprint density at radius 3 is 2.55 bits per heavy atom. The van der Waals surface area contributed by atoms with Gasteiger partial charge in [0.25, 0.3) is 0 Å². The maximum atomic E-state index is 10.4. The van der Waals surface area contributed by atoms with Gasteiger partial charge in [-0.1, -0.05) is 30.3 Å². The Kier molecular flexibility index (Phi) is 3.35. The van der Waals surface area contributed by atoms with Gasteiger partial charge in [-0.25, -0.2) is 9.97 Å². The lowest BCUT2D eigenvalue weighted by Gasteiger charge is -2.13. The Balaban J connectivity index is 1.89. The number of nitrogens with zero attached hydrogens (tertiary/aromatic N) is 4. The van der Waals surface area contributed by atoms with Crippen molar-refractivity contribution in [1.29, 1.82) is 0 Å². The summed E-state index contributed by atoms with van der Waals surface area (Å²) in [6.07, 6.45) is 6.49. The number of aromatic nitrogens is 4. The van der Waals surface area contributed by atoms with E-state index in [0.717, 1.165) is 11.4 Å². The number of rotatable bonds is 4. The molecule has 5 nitrogen and oxygen atoms in total. The van der Waals surface area contributed by atoms with Gasteiger partial charge in [-0.3, -0.25) is 0 Å². The molecule has 2 aromatic heterocycles. The molecule has 20 heavy (non-hydrogen) atoms. The number of hydrogen-bond acceptors (Lipinski definition) is 3. The fourth-order valence-corrected chi connectivity index (χ4v) is 2.19. The second kappa shape index (κ2) is 5.30. The summed E-state index contributed by atoms with van der Waals surface area (Å²) < 4.78 is 3.87. The summed E-state index contributed by atoms with van der Waals surface area (Å²) in [6, 6.07) is 9.53. The third-order valence-electron chi connectivity index (χ3n) is 3.34. The topological polar surface area (TPSA) is 55.9 Å². The molecule has 0 bridgehead atoms. The maximum Gasteiger partial charge on any atom is 0.142 e. The molecule has 2 heterocycles. The summed E-state index contributed by atoms with van der Waals surface area (Å²) >= 11 is 0. The predicted octanol–water partition coefficient (Wildman–Crippen LogP) is 1.75. The van der Waals surface area contributed by atoms with Gasteiger partial charge >= 0.3 is 0 Å². The lowest BCUT2D eigenvalue weighted by atomic mass is 10.1. The van der Waals surface area contributed by atoms with Crippen molar-refractivity contribution in [2.75, 3.05) is 0 Å². The molecule has 0 aliphatic heterocycles. The van der Waals surface area contributed by atoms with Crippen molar-refractivity contribution in [3.8, 4) is 0 Å². The van der Waals surface area contributed by atoms with Crippen LogP contribution in [0, 0.1) is 0 Å². The highest BCUT2D eigenvalue weighted by molar-refractivity contribution is 5.23. The third kappa shape index (κ3) is 2.35. The van der Waals surface area contributed by atoms with E-state index >= 15 is 0 Å². The summed E-state index contributed by atoms with van der Waals surface area (Å²) in [6.45, 7) is 0.586. The van der Waals surface area contributed by atoms with Crippen molar-refractivity contribution in [3.63, 3.8) is 0 Å². The van der Waals surface area contributed by atoms with Gasteiger partial charge in [-0.15, -0.1) is 0 Å². The highest BCUT2D eigenvalue weighted by Crippen LogP contribution is 2.20. The van der Waals surface area contributed by atoms with Crippen LogP contribution in [0.3, 0.4) is 0 Å². The molecule has 0 fully saturated rings. The second-order valence-electron chi connectivity index (χ2n) is 4.68. The number of hydrogen-bond donors (Lipinski definition) is 1. The molecule has 3 aromatic rings. The Hall–Kier alpha value is -2.40. The number of benzene rings is 1. The van der Waals surface area contributed by atoms with Gasteiger partial charge < -0.3 is 14.2 Å². The molecule has 5 heteroatoms. The third-order valence-corrected chi connectivity index (χ3v) is 3.34. The molecule has 0 amide bonds. The molecular weight excluding hydrogens is 252 g/mol. The smallest absolute Gasteiger partial charge is 0.142 e. The highest BCUT2D eigenvalue weighted by Gasteiger charge is 2.16. The molecule has 1 aromatic carbocycles. The second-order valence-corrected chi connectivity index (χ2v) is 4.68. The zero-order valence-electron chi connectivity index (χ0n) is 11.2. The molecule has 1 N–H and O–H groups in total. The van der Waals surface area contributed by atoms with Gasteiger partial charge in [0.2, 0.25) is 0 Å². The molecule has 0 aliphatic carbocycles. The van der Waals surface area contributed by atoms with Crippen molar-refractivity contribution < 1.29 is 5.11 Å². The lowest BCUT2D eigenvalue weighted by molar-refractivity contribution is 0.205. The average molecular weight is 268 g/mol. The summed E-state index contributed by atoms with van der Waals surface area (Å²) in [5.41, 5.74) is 0.833. The first kappa shape index (κ1) is 12.6. The molecule has 1 unspecified atom stereocenters. The molecule has 1 atom stereocenters. The molecule has 102 valence electrons. The van der Waals surface area contributed by atoms with Crippen LogP contribution in [0.15, 0.2) is 55.1 Å². The molecule has 0 saturated carbocycles. The van der Waals surface area contributed by atoms with E-state index in [1.165, 1.54) is 0 Å². The Bertz CT molecular complexity index is 687. The van der Waals surface area contributed by atoms with E-state index in [4.69, 9.17) is 0 Å². The standard InChI is InChI=1S/C15H16N4O/c1-18-9-7-16-13(18)11-19-10-8-17-15(19)14(20)12-5-3-2-4-6-12/h2-10,14,20H,11H2,1H3. The first-order valence-corrected chi connectivity index (χ1v) is 6.46. The van der Waals surface area contributed by atoms with Gasteiger partial charge in [0.1, 0.15) is 17.8 Å². The minimum Gasteiger partial charge on any atom is -0.380 e. The van der Waals surface area contributed by atoms with E-state index in [0.29, 0.717) is 12.4 Å². The van der Waals surface area contributed by atoms with Crippen LogP contribution >= 0.6 is 0 Å². The van der Waals surface area contributed by atoms with E-state index in [2.05, 4.69) is 9.97 Å². The van der Waals surface area contributed by atoms with Crippen molar-refractivity contribution in [3.05, 3.63) is 72.3 Å². The first-order valence-electron chi connectivity index (χ1n) is 6.46. The molecule has 3 rings (SSSR count). The number of aryl methyl sites for hydroxylation is 1. The van der Waals surface area contributed by atoms with E-state index in [-0.39, 0.29) is 0 Å². The lowest BCUT2D eigenvalue weighted by Crippen LogP contribution is -2.12. The normalized spacial score (nSPS) is 12.5. The van der Waals surface area contributed by atoms with Gasteiger partial charge in [-0.2, -0.15) is 0 Å². The summed E-state index contributed by atoms with van der Waals surface area (Å²) in [7, 11) is 1.95. The molecule has 0 saturated heterocycles. The molecule has 0 radical (unpaired) electrons. The van der Waals surface area contributed by atoms with Crippen LogP contribution in [0.25, 0.3) is 0 Å². The van der Waals surface area contributed by atoms with E-state index < -0.39 is 6.10 Å². The summed E-state index contributed by atoms with van der Waals surface area (Å²) in [4.78, 5) is 8.58. The summed E-state index contributed by atoms with van der Waals surface area (Å²) in [5, 5.41) is 10.4.